The number of anilines is 4. The minimum absolute atomic E-state index is 0.00649. The highest BCUT2D eigenvalue weighted by atomic mass is 19.1. The Labute approximate surface area is 225 Å². The predicted octanol–water partition coefficient (Wildman–Crippen LogP) is 5.87. The van der Waals surface area contributed by atoms with Crippen molar-refractivity contribution in [2.45, 2.75) is 38.3 Å². The number of carbonyl (C=O) groups excluding carboxylic acids is 1. The van der Waals surface area contributed by atoms with Gasteiger partial charge in [-0.1, -0.05) is 12.1 Å². The molecule has 0 saturated heterocycles. The van der Waals surface area contributed by atoms with Gasteiger partial charge in [0, 0.05) is 61.2 Å². The second-order valence-corrected chi connectivity index (χ2v) is 9.98. The molecule has 1 fully saturated rings. The quantitative estimate of drug-likeness (QED) is 0.204. The van der Waals surface area contributed by atoms with Crippen molar-refractivity contribution in [2.75, 3.05) is 29.6 Å². The van der Waals surface area contributed by atoms with Crippen LogP contribution in [0.1, 0.15) is 58.9 Å². The number of hydrogen-bond acceptors (Lipinski definition) is 6. The average molecular weight is 532 g/mol. The van der Waals surface area contributed by atoms with Crippen LogP contribution in [0.4, 0.5) is 31.9 Å². The summed E-state index contributed by atoms with van der Waals surface area (Å²) < 4.78 is 28.7. The van der Waals surface area contributed by atoms with Gasteiger partial charge in [0.15, 0.2) is 17.5 Å². The summed E-state index contributed by atoms with van der Waals surface area (Å²) in [6, 6.07) is 16.3. The number of H-pyrrole nitrogens is 1. The van der Waals surface area contributed by atoms with Crippen LogP contribution in [0.3, 0.4) is 0 Å². The molecule has 2 aromatic carbocycles. The Balaban J connectivity index is 1.37. The minimum atomic E-state index is -0.578. The molecule has 0 radical (unpaired) electrons. The van der Waals surface area contributed by atoms with E-state index >= 15 is 4.39 Å². The van der Waals surface area contributed by atoms with E-state index in [1.165, 1.54) is 18.2 Å². The third-order valence-electron chi connectivity index (χ3n) is 6.72. The molecule has 202 valence electrons. The highest BCUT2D eigenvalue weighted by molar-refractivity contribution is 5.94. The number of rotatable bonds is 10. The molecule has 10 heteroatoms. The lowest BCUT2D eigenvalue weighted by atomic mass is 10.1. The van der Waals surface area contributed by atoms with Crippen molar-refractivity contribution in [3.63, 3.8) is 0 Å². The standard InChI is InChI=1S/C29H31F2N7O/c1-17(18-6-10-22(30)11-7-18)33-27-21(16-32-29(39)20-8-12-23(13-9-20)38(2)3)14-24(31)28(35-27)34-26-15-25(36-37-26)19-4-5-19/h6-15,17,19H,4-5,16H2,1-3H3,(H,32,39)(H3,33,34,35,36,37)/t17-/m0/s1. The third kappa shape index (κ3) is 6.34. The highest BCUT2D eigenvalue weighted by Crippen LogP contribution is 2.39. The van der Waals surface area contributed by atoms with Crippen LogP contribution >= 0.6 is 0 Å². The molecule has 0 spiro atoms. The number of hydrogen-bond donors (Lipinski definition) is 4. The Bertz CT molecular complexity index is 1450. The molecule has 1 saturated carbocycles. The van der Waals surface area contributed by atoms with Crippen molar-refractivity contribution in [2.24, 2.45) is 0 Å². The van der Waals surface area contributed by atoms with E-state index in [0.717, 1.165) is 29.8 Å². The van der Waals surface area contributed by atoms with E-state index in [1.54, 1.807) is 24.3 Å². The summed E-state index contributed by atoms with van der Waals surface area (Å²) in [7, 11) is 3.85. The first-order valence-corrected chi connectivity index (χ1v) is 12.9. The number of nitrogens with zero attached hydrogens (tertiary/aromatic N) is 3. The summed E-state index contributed by atoms with van der Waals surface area (Å²) in [5.74, 6) is 0.149. The summed E-state index contributed by atoms with van der Waals surface area (Å²) in [5, 5.41) is 16.3. The number of carbonyl (C=O) groups is 1. The van der Waals surface area contributed by atoms with Gasteiger partial charge in [-0.2, -0.15) is 5.10 Å². The fourth-order valence-corrected chi connectivity index (χ4v) is 4.23. The van der Waals surface area contributed by atoms with Crippen LogP contribution in [0.2, 0.25) is 0 Å². The van der Waals surface area contributed by atoms with E-state index in [-0.39, 0.29) is 30.1 Å². The molecule has 1 amide bonds. The molecule has 1 aliphatic rings. The van der Waals surface area contributed by atoms with Gasteiger partial charge < -0.3 is 20.9 Å². The fourth-order valence-electron chi connectivity index (χ4n) is 4.23. The second kappa shape index (κ2) is 11.1. The summed E-state index contributed by atoms with van der Waals surface area (Å²) in [4.78, 5) is 19.3. The minimum Gasteiger partial charge on any atom is -0.378 e. The van der Waals surface area contributed by atoms with Crippen LogP contribution in [0.25, 0.3) is 0 Å². The predicted molar refractivity (Wildman–Crippen MR) is 148 cm³/mol. The van der Waals surface area contributed by atoms with Gasteiger partial charge in [-0.25, -0.2) is 13.8 Å². The molecule has 4 N–H and O–H groups in total. The van der Waals surface area contributed by atoms with E-state index in [2.05, 4.69) is 31.1 Å². The van der Waals surface area contributed by atoms with Crippen molar-refractivity contribution in [1.29, 1.82) is 0 Å². The SMILES string of the molecule is C[C@H](Nc1nc(Nc2cc(C3CC3)[nH]n2)c(F)cc1CNC(=O)c1ccc(N(C)C)cc1)c1ccc(F)cc1. The van der Waals surface area contributed by atoms with Gasteiger partial charge in [0.2, 0.25) is 0 Å². The zero-order chi connectivity index (χ0) is 27.5. The smallest absolute Gasteiger partial charge is 0.251 e. The fraction of sp³-hybridized carbons (Fsp3) is 0.276. The van der Waals surface area contributed by atoms with Gasteiger partial charge in [0.1, 0.15) is 11.6 Å². The molecular weight excluding hydrogens is 500 g/mol. The Hall–Kier alpha value is -4.47. The molecule has 0 bridgehead atoms. The average Bonchev–Trinajstić information content (AvgIpc) is 3.68. The van der Waals surface area contributed by atoms with Crippen LogP contribution < -0.4 is 20.9 Å². The summed E-state index contributed by atoms with van der Waals surface area (Å²) in [5.41, 5.74) is 3.77. The Morgan fingerprint density at radius 1 is 1.05 bits per heavy atom. The van der Waals surface area contributed by atoms with E-state index < -0.39 is 5.82 Å². The highest BCUT2D eigenvalue weighted by Gasteiger charge is 2.26. The molecule has 0 aliphatic heterocycles. The molecular formula is C29H31F2N7O. The van der Waals surface area contributed by atoms with Gasteiger partial charge in [0.05, 0.1) is 0 Å². The Morgan fingerprint density at radius 2 is 1.77 bits per heavy atom. The second-order valence-electron chi connectivity index (χ2n) is 9.98. The first kappa shape index (κ1) is 26.1. The molecule has 39 heavy (non-hydrogen) atoms. The number of benzene rings is 2. The first-order chi connectivity index (χ1) is 18.8. The molecule has 1 atom stereocenters. The van der Waals surface area contributed by atoms with E-state index in [1.807, 2.05) is 44.1 Å². The third-order valence-corrected chi connectivity index (χ3v) is 6.72. The molecule has 4 aromatic rings. The van der Waals surface area contributed by atoms with Crippen molar-refractivity contribution >= 4 is 29.0 Å². The van der Waals surface area contributed by atoms with Crippen molar-refractivity contribution < 1.29 is 13.6 Å². The van der Waals surface area contributed by atoms with Gasteiger partial charge in [0.25, 0.3) is 5.91 Å². The summed E-state index contributed by atoms with van der Waals surface area (Å²) in [6.45, 7) is 1.95. The Morgan fingerprint density at radius 3 is 2.44 bits per heavy atom. The molecule has 0 unspecified atom stereocenters. The molecule has 2 heterocycles. The van der Waals surface area contributed by atoms with Crippen molar-refractivity contribution in [3.05, 3.63) is 94.7 Å². The van der Waals surface area contributed by atoms with Gasteiger partial charge in [-0.3, -0.25) is 9.89 Å². The van der Waals surface area contributed by atoms with Crippen LogP contribution in [0.15, 0.2) is 60.7 Å². The lowest BCUT2D eigenvalue weighted by molar-refractivity contribution is 0.0951. The summed E-state index contributed by atoms with van der Waals surface area (Å²) in [6.07, 6.45) is 2.23. The summed E-state index contributed by atoms with van der Waals surface area (Å²) >= 11 is 0. The maximum absolute atomic E-state index is 15.2. The van der Waals surface area contributed by atoms with Crippen LogP contribution in [0, 0.1) is 11.6 Å². The topological polar surface area (TPSA) is 98.0 Å². The van der Waals surface area contributed by atoms with E-state index in [4.69, 9.17) is 0 Å². The first-order valence-electron chi connectivity index (χ1n) is 12.9. The number of amides is 1. The van der Waals surface area contributed by atoms with Crippen LogP contribution in [-0.2, 0) is 6.54 Å². The van der Waals surface area contributed by atoms with Crippen LogP contribution in [0.5, 0.6) is 0 Å². The van der Waals surface area contributed by atoms with Gasteiger partial charge >= 0.3 is 0 Å². The largest absolute Gasteiger partial charge is 0.378 e. The molecule has 1 aliphatic carbocycles. The van der Waals surface area contributed by atoms with Crippen molar-refractivity contribution in [3.8, 4) is 0 Å². The van der Waals surface area contributed by atoms with E-state index in [9.17, 15) is 9.18 Å². The zero-order valence-electron chi connectivity index (χ0n) is 22.1. The van der Waals surface area contributed by atoms with E-state index in [0.29, 0.717) is 28.7 Å². The van der Waals surface area contributed by atoms with Gasteiger partial charge in [-0.05, 0) is 67.8 Å². The van der Waals surface area contributed by atoms with Crippen LogP contribution in [-0.4, -0.2) is 35.2 Å². The molecule has 2 aromatic heterocycles. The monoisotopic (exact) mass is 531 g/mol. The normalized spacial score (nSPS) is 13.6. The number of aromatic amines is 1. The number of aromatic nitrogens is 3. The molecule has 8 nitrogen and oxygen atoms in total. The zero-order valence-corrected chi connectivity index (χ0v) is 22.1. The number of pyridine rings is 1. The maximum Gasteiger partial charge on any atom is 0.251 e. The lowest BCUT2D eigenvalue weighted by Gasteiger charge is -2.19. The van der Waals surface area contributed by atoms with Crippen molar-refractivity contribution in [1.82, 2.24) is 20.5 Å². The molecule has 5 rings (SSSR count). The lowest BCUT2D eigenvalue weighted by Crippen LogP contribution is -2.24. The Kier molecular flexibility index (Phi) is 7.44. The number of nitrogens with one attached hydrogen (secondary N) is 4. The maximum atomic E-state index is 15.2. The van der Waals surface area contributed by atoms with Gasteiger partial charge in [-0.15, -0.1) is 0 Å². The number of halogens is 2.